The maximum Gasteiger partial charge on any atom is 0.170 e. The van der Waals surface area contributed by atoms with Gasteiger partial charge in [0.05, 0.1) is 5.02 Å². The highest BCUT2D eigenvalue weighted by Gasteiger charge is 2.27. The molecule has 0 radical (unpaired) electrons. The van der Waals surface area contributed by atoms with Crippen LogP contribution >= 0.6 is 11.6 Å². The van der Waals surface area contributed by atoms with Gasteiger partial charge in [-0.15, -0.1) is 0 Å². The van der Waals surface area contributed by atoms with Crippen LogP contribution in [0.4, 0.5) is 0 Å². The van der Waals surface area contributed by atoms with Crippen molar-refractivity contribution >= 4 is 23.0 Å². The first-order chi connectivity index (χ1) is 7.25. The highest BCUT2D eigenvalue weighted by atomic mass is 35.5. The third-order valence-electron chi connectivity index (χ3n) is 2.38. The summed E-state index contributed by atoms with van der Waals surface area (Å²) in [6, 6.07) is 5.46. The number of rotatable bonds is 2. The Labute approximate surface area is 102 Å². The molecule has 2 heteroatoms. The van der Waals surface area contributed by atoms with Gasteiger partial charge in [-0.05, 0) is 18.6 Å². The Bertz CT molecular complexity index is 439. The smallest absolute Gasteiger partial charge is 0.170 e. The number of carbonyl (C=O) groups excluding carboxylic acids is 1. The maximum absolute atomic E-state index is 12.3. The Morgan fingerprint density at radius 3 is 2.31 bits per heavy atom. The fourth-order valence-corrected chi connectivity index (χ4v) is 1.75. The van der Waals surface area contributed by atoms with Crippen LogP contribution < -0.4 is 0 Å². The zero-order valence-electron chi connectivity index (χ0n) is 10.2. The van der Waals surface area contributed by atoms with Gasteiger partial charge >= 0.3 is 0 Å². The van der Waals surface area contributed by atoms with Gasteiger partial charge in [-0.3, -0.25) is 4.79 Å². The summed E-state index contributed by atoms with van der Waals surface area (Å²) in [5, 5.41) is 0.500. The van der Waals surface area contributed by atoms with E-state index >= 15 is 0 Å². The number of carbonyl (C=O) groups is 1. The summed E-state index contributed by atoms with van der Waals surface area (Å²) in [6.07, 6.45) is 0. The molecule has 0 bridgehead atoms. The average Bonchev–Trinajstić information content (AvgIpc) is 2.14. The molecule has 1 nitrogen and oxygen atoms in total. The Morgan fingerprint density at radius 2 is 1.88 bits per heavy atom. The van der Waals surface area contributed by atoms with Gasteiger partial charge in [0, 0.05) is 11.0 Å². The molecule has 0 N–H and O–H groups in total. The van der Waals surface area contributed by atoms with E-state index in [9.17, 15) is 4.79 Å². The summed E-state index contributed by atoms with van der Waals surface area (Å²) in [5.74, 6) is 0.0519. The fourth-order valence-electron chi connectivity index (χ4n) is 1.49. The molecule has 0 aliphatic carbocycles. The first kappa shape index (κ1) is 13.0. The first-order valence-corrected chi connectivity index (χ1v) is 5.62. The molecule has 1 aromatic carbocycles. The predicted octanol–water partition coefficient (Wildman–Crippen LogP) is 4.60. The first-order valence-electron chi connectivity index (χ1n) is 5.24. The summed E-state index contributed by atoms with van der Waals surface area (Å²) in [4.78, 5) is 12.3. The molecule has 0 atom stereocenters. The molecule has 0 aliphatic heterocycles. The van der Waals surface area contributed by atoms with E-state index in [0.29, 0.717) is 10.6 Å². The van der Waals surface area contributed by atoms with E-state index in [1.54, 1.807) is 6.07 Å². The van der Waals surface area contributed by atoms with Crippen molar-refractivity contribution in [2.45, 2.75) is 27.7 Å². The minimum Gasteiger partial charge on any atom is -0.294 e. The van der Waals surface area contributed by atoms with Crippen LogP contribution in [0.3, 0.4) is 0 Å². The van der Waals surface area contributed by atoms with Gasteiger partial charge in [-0.1, -0.05) is 56.7 Å². The fraction of sp³-hybridized carbons (Fsp3) is 0.357. The molecule has 1 rings (SSSR count). The molecule has 0 aliphatic rings. The predicted molar refractivity (Wildman–Crippen MR) is 69.9 cm³/mol. The molecule has 0 heterocycles. The van der Waals surface area contributed by atoms with Crippen molar-refractivity contribution in [3.05, 3.63) is 40.9 Å². The molecule has 0 amide bonds. The van der Waals surface area contributed by atoms with Crippen LogP contribution in [0.2, 0.25) is 5.02 Å². The lowest BCUT2D eigenvalue weighted by molar-refractivity contribution is 0.0858. The lowest BCUT2D eigenvalue weighted by Gasteiger charge is -2.20. The standard InChI is InChI=1S/C14H17ClO/c1-9(2)10-7-6-8-11(15)12(10)13(16)14(3,4)5/h6-8H,1H2,2-5H3. The third-order valence-corrected chi connectivity index (χ3v) is 2.70. The second-order valence-corrected chi connectivity index (χ2v) is 5.43. The second-order valence-electron chi connectivity index (χ2n) is 5.02. The number of allylic oxidation sites excluding steroid dienone is 1. The van der Waals surface area contributed by atoms with E-state index in [0.717, 1.165) is 11.1 Å². The van der Waals surface area contributed by atoms with E-state index in [1.807, 2.05) is 39.8 Å². The zero-order chi connectivity index (χ0) is 12.5. The number of halogens is 1. The number of hydrogen-bond acceptors (Lipinski definition) is 1. The van der Waals surface area contributed by atoms with E-state index in [2.05, 4.69) is 6.58 Å². The topological polar surface area (TPSA) is 17.1 Å². The van der Waals surface area contributed by atoms with Crippen LogP contribution in [0.15, 0.2) is 24.8 Å². The lowest BCUT2D eigenvalue weighted by Crippen LogP contribution is -2.21. The molecule has 0 aromatic heterocycles. The van der Waals surface area contributed by atoms with Gasteiger partial charge in [0.25, 0.3) is 0 Å². The minimum absolute atomic E-state index is 0.0519. The normalized spacial score (nSPS) is 11.3. The molecule has 0 fully saturated rings. The van der Waals surface area contributed by atoms with Gasteiger partial charge in [-0.2, -0.15) is 0 Å². The average molecular weight is 237 g/mol. The van der Waals surface area contributed by atoms with Crippen molar-refractivity contribution in [3.63, 3.8) is 0 Å². The molecule has 86 valence electrons. The monoisotopic (exact) mass is 236 g/mol. The number of Topliss-reactive ketones (excluding diaryl/α,β-unsaturated/α-hetero) is 1. The van der Waals surface area contributed by atoms with Gasteiger partial charge < -0.3 is 0 Å². The summed E-state index contributed by atoms with van der Waals surface area (Å²) in [5.41, 5.74) is 1.85. The van der Waals surface area contributed by atoms with Crippen molar-refractivity contribution in [1.29, 1.82) is 0 Å². The highest BCUT2D eigenvalue weighted by Crippen LogP contribution is 2.31. The quantitative estimate of drug-likeness (QED) is 0.686. The largest absolute Gasteiger partial charge is 0.294 e. The van der Waals surface area contributed by atoms with Gasteiger partial charge in [0.2, 0.25) is 0 Å². The van der Waals surface area contributed by atoms with Crippen LogP contribution in [0.5, 0.6) is 0 Å². The molecular formula is C14H17ClO. The van der Waals surface area contributed by atoms with Crippen LogP contribution in [-0.4, -0.2) is 5.78 Å². The minimum atomic E-state index is -0.435. The number of ketones is 1. The van der Waals surface area contributed by atoms with E-state index < -0.39 is 5.41 Å². The lowest BCUT2D eigenvalue weighted by atomic mass is 9.83. The molecular weight excluding hydrogens is 220 g/mol. The Hall–Kier alpha value is -1.08. The van der Waals surface area contributed by atoms with Crippen LogP contribution in [0, 0.1) is 5.41 Å². The van der Waals surface area contributed by atoms with Crippen molar-refractivity contribution in [1.82, 2.24) is 0 Å². The number of benzene rings is 1. The van der Waals surface area contributed by atoms with Crippen molar-refractivity contribution in [3.8, 4) is 0 Å². The van der Waals surface area contributed by atoms with Gasteiger partial charge in [0.1, 0.15) is 0 Å². The van der Waals surface area contributed by atoms with Crippen molar-refractivity contribution < 1.29 is 4.79 Å². The molecule has 1 aromatic rings. The summed E-state index contributed by atoms with van der Waals surface area (Å²) in [6.45, 7) is 11.4. The molecule has 16 heavy (non-hydrogen) atoms. The van der Waals surface area contributed by atoms with Crippen LogP contribution in [-0.2, 0) is 0 Å². The van der Waals surface area contributed by atoms with Gasteiger partial charge in [0.15, 0.2) is 5.78 Å². The summed E-state index contributed by atoms with van der Waals surface area (Å²) in [7, 11) is 0. The van der Waals surface area contributed by atoms with Gasteiger partial charge in [-0.25, -0.2) is 0 Å². The van der Waals surface area contributed by atoms with E-state index in [4.69, 9.17) is 11.6 Å². The van der Waals surface area contributed by atoms with Crippen LogP contribution in [0.1, 0.15) is 43.6 Å². The second kappa shape index (κ2) is 4.42. The maximum atomic E-state index is 12.3. The Balaban J connectivity index is 3.43. The zero-order valence-corrected chi connectivity index (χ0v) is 11.0. The summed E-state index contributed by atoms with van der Waals surface area (Å²) < 4.78 is 0. The molecule has 0 saturated carbocycles. The van der Waals surface area contributed by atoms with Crippen molar-refractivity contribution in [2.75, 3.05) is 0 Å². The Kier molecular flexibility index (Phi) is 3.59. The summed E-state index contributed by atoms with van der Waals surface area (Å²) >= 11 is 6.11. The number of hydrogen-bond donors (Lipinski definition) is 0. The highest BCUT2D eigenvalue weighted by molar-refractivity contribution is 6.34. The SMILES string of the molecule is C=C(C)c1cccc(Cl)c1C(=O)C(C)(C)C. The van der Waals surface area contributed by atoms with E-state index in [1.165, 1.54) is 0 Å². The molecule has 0 spiro atoms. The van der Waals surface area contributed by atoms with Crippen molar-refractivity contribution in [2.24, 2.45) is 5.41 Å². The molecule has 0 unspecified atom stereocenters. The third kappa shape index (κ3) is 2.53. The Morgan fingerprint density at radius 1 is 1.31 bits per heavy atom. The van der Waals surface area contributed by atoms with E-state index in [-0.39, 0.29) is 5.78 Å². The van der Waals surface area contributed by atoms with Crippen LogP contribution in [0.25, 0.3) is 5.57 Å². The molecule has 0 saturated heterocycles.